The van der Waals surface area contributed by atoms with Crippen LogP contribution in [0.25, 0.3) is 0 Å². The van der Waals surface area contributed by atoms with Crippen molar-refractivity contribution in [3.63, 3.8) is 0 Å². The lowest BCUT2D eigenvalue weighted by Gasteiger charge is -2.23. The number of methoxy groups -OCH3 is 1. The van der Waals surface area contributed by atoms with Crippen LogP contribution in [0, 0.1) is 17.6 Å². The highest BCUT2D eigenvalue weighted by molar-refractivity contribution is 5.47. The van der Waals surface area contributed by atoms with E-state index in [0.29, 0.717) is 12.3 Å². The minimum Gasteiger partial charge on any atom is -0.504 e. The summed E-state index contributed by atoms with van der Waals surface area (Å²) in [4.78, 5) is 0. The lowest BCUT2D eigenvalue weighted by atomic mass is 9.90. The second-order valence-electron chi connectivity index (χ2n) is 4.60. The molecule has 1 saturated heterocycles. The number of ether oxygens (including phenoxy) is 1. The SMILES string of the molecule is COc1c(F)cc(F)c(CC2CCNCC2)c1O. The van der Waals surface area contributed by atoms with Gasteiger partial charge in [-0.05, 0) is 38.3 Å². The molecule has 0 aliphatic carbocycles. The van der Waals surface area contributed by atoms with E-state index in [4.69, 9.17) is 4.74 Å². The van der Waals surface area contributed by atoms with Crippen molar-refractivity contribution in [3.8, 4) is 11.5 Å². The molecule has 5 heteroatoms. The number of phenols is 1. The number of halogens is 2. The Morgan fingerprint density at radius 3 is 2.61 bits per heavy atom. The number of nitrogens with one attached hydrogen (secondary N) is 1. The molecule has 0 amide bonds. The molecule has 2 rings (SSSR count). The predicted molar refractivity (Wildman–Crippen MR) is 63.9 cm³/mol. The Labute approximate surface area is 105 Å². The molecule has 2 N–H and O–H groups in total. The molecular weight excluding hydrogens is 240 g/mol. The summed E-state index contributed by atoms with van der Waals surface area (Å²) in [6, 6.07) is 0.773. The van der Waals surface area contributed by atoms with E-state index in [-0.39, 0.29) is 11.3 Å². The van der Waals surface area contributed by atoms with Gasteiger partial charge in [0.1, 0.15) is 5.82 Å². The molecule has 0 atom stereocenters. The standard InChI is InChI=1S/C13H17F2NO2/c1-18-13-11(15)7-10(14)9(12(13)17)6-8-2-4-16-5-3-8/h7-8,16-17H,2-6H2,1H3. The molecule has 18 heavy (non-hydrogen) atoms. The van der Waals surface area contributed by atoms with Crippen LogP contribution in [-0.4, -0.2) is 25.3 Å². The van der Waals surface area contributed by atoms with Gasteiger partial charge in [-0.25, -0.2) is 8.78 Å². The Balaban J connectivity index is 2.26. The average Bonchev–Trinajstić information content (AvgIpc) is 2.36. The van der Waals surface area contributed by atoms with E-state index in [1.54, 1.807) is 0 Å². The molecule has 3 nitrogen and oxygen atoms in total. The summed E-state index contributed by atoms with van der Waals surface area (Å²) in [7, 11) is 1.25. The van der Waals surface area contributed by atoms with Crippen molar-refractivity contribution in [2.45, 2.75) is 19.3 Å². The van der Waals surface area contributed by atoms with Gasteiger partial charge < -0.3 is 15.2 Å². The van der Waals surface area contributed by atoms with Crippen LogP contribution in [0.2, 0.25) is 0 Å². The zero-order valence-electron chi connectivity index (χ0n) is 10.3. The van der Waals surface area contributed by atoms with E-state index in [9.17, 15) is 13.9 Å². The molecule has 100 valence electrons. The fourth-order valence-electron chi connectivity index (χ4n) is 2.39. The summed E-state index contributed by atoms with van der Waals surface area (Å²) in [6.07, 6.45) is 2.27. The molecule has 1 aliphatic rings. The Morgan fingerprint density at radius 2 is 2.00 bits per heavy atom. The van der Waals surface area contributed by atoms with Crippen molar-refractivity contribution in [2.24, 2.45) is 5.92 Å². The van der Waals surface area contributed by atoms with Gasteiger partial charge in [-0.3, -0.25) is 0 Å². The van der Waals surface area contributed by atoms with E-state index >= 15 is 0 Å². The Hall–Kier alpha value is -1.36. The normalized spacial score (nSPS) is 16.8. The summed E-state index contributed by atoms with van der Waals surface area (Å²) in [5.41, 5.74) is 0.153. The topological polar surface area (TPSA) is 41.5 Å². The maximum absolute atomic E-state index is 13.7. The van der Waals surface area contributed by atoms with Crippen LogP contribution in [0.5, 0.6) is 11.5 Å². The lowest BCUT2D eigenvalue weighted by Crippen LogP contribution is -2.28. The maximum atomic E-state index is 13.7. The second kappa shape index (κ2) is 5.52. The Bertz CT molecular complexity index is 431. The zero-order chi connectivity index (χ0) is 13.1. The predicted octanol–water partition coefficient (Wildman–Crippen LogP) is 2.22. The summed E-state index contributed by atoms with van der Waals surface area (Å²) >= 11 is 0. The molecule has 1 aromatic carbocycles. The molecular formula is C13H17F2NO2. The van der Waals surface area contributed by atoms with Gasteiger partial charge in [0.2, 0.25) is 0 Å². The number of hydrogen-bond donors (Lipinski definition) is 2. The van der Waals surface area contributed by atoms with Crippen molar-refractivity contribution in [2.75, 3.05) is 20.2 Å². The van der Waals surface area contributed by atoms with Crippen molar-refractivity contribution in [1.82, 2.24) is 5.32 Å². The van der Waals surface area contributed by atoms with E-state index in [1.165, 1.54) is 7.11 Å². The average molecular weight is 257 g/mol. The van der Waals surface area contributed by atoms with Crippen LogP contribution in [0.4, 0.5) is 8.78 Å². The lowest BCUT2D eigenvalue weighted by molar-refractivity contribution is 0.332. The minimum atomic E-state index is -0.874. The fraction of sp³-hybridized carbons (Fsp3) is 0.538. The third-order valence-electron chi connectivity index (χ3n) is 3.42. The first-order valence-electron chi connectivity index (χ1n) is 6.08. The second-order valence-corrected chi connectivity index (χ2v) is 4.60. The number of benzene rings is 1. The van der Waals surface area contributed by atoms with Crippen LogP contribution >= 0.6 is 0 Å². The Morgan fingerprint density at radius 1 is 1.33 bits per heavy atom. The van der Waals surface area contributed by atoms with Crippen molar-refractivity contribution in [3.05, 3.63) is 23.3 Å². The van der Waals surface area contributed by atoms with E-state index < -0.39 is 17.4 Å². The molecule has 1 heterocycles. The first kappa shape index (κ1) is 13.1. The van der Waals surface area contributed by atoms with Gasteiger partial charge in [0, 0.05) is 11.6 Å². The van der Waals surface area contributed by atoms with Gasteiger partial charge in [0.15, 0.2) is 17.3 Å². The highest BCUT2D eigenvalue weighted by Crippen LogP contribution is 2.36. The van der Waals surface area contributed by atoms with Crippen LogP contribution in [0.3, 0.4) is 0 Å². The van der Waals surface area contributed by atoms with Crippen molar-refractivity contribution < 1.29 is 18.6 Å². The van der Waals surface area contributed by atoms with Crippen LogP contribution in [-0.2, 0) is 6.42 Å². The van der Waals surface area contributed by atoms with Crippen LogP contribution in [0.1, 0.15) is 18.4 Å². The van der Waals surface area contributed by atoms with Crippen molar-refractivity contribution in [1.29, 1.82) is 0 Å². The van der Waals surface area contributed by atoms with Crippen LogP contribution in [0.15, 0.2) is 6.07 Å². The molecule has 0 unspecified atom stereocenters. The Kier molecular flexibility index (Phi) is 4.01. The van der Waals surface area contributed by atoms with Gasteiger partial charge in [0.25, 0.3) is 0 Å². The summed E-state index contributed by atoms with van der Waals surface area (Å²) in [6.45, 7) is 1.79. The van der Waals surface area contributed by atoms with E-state index in [1.807, 2.05) is 0 Å². The molecule has 0 saturated carbocycles. The third kappa shape index (κ3) is 2.56. The number of rotatable bonds is 3. The zero-order valence-corrected chi connectivity index (χ0v) is 10.3. The first-order chi connectivity index (χ1) is 8.63. The maximum Gasteiger partial charge on any atom is 0.197 e. The van der Waals surface area contributed by atoms with Gasteiger partial charge in [-0.15, -0.1) is 0 Å². The summed E-state index contributed by atoms with van der Waals surface area (Å²) < 4.78 is 31.8. The quantitative estimate of drug-likeness (QED) is 0.872. The number of piperidine rings is 1. The third-order valence-corrected chi connectivity index (χ3v) is 3.42. The molecule has 0 bridgehead atoms. The molecule has 0 spiro atoms. The summed E-state index contributed by atoms with van der Waals surface area (Å²) in [5.74, 6) is -1.96. The van der Waals surface area contributed by atoms with Gasteiger partial charge >= 0.3 is 0 Å². The fourth-order valence-corrected chi connectivity index (χ4v) is 2.39. The van der Waals surface area contributed by atoms with E-state index in [0.717, 1.165) is 32.0 Å². The molecule has 1 aliphatic heterocycles. The summed E-state index contributed by atoms with van der Waals surface area (Å²) in [5, 5.41) is 13.1. The molecule has 0 aromatic heterocycles. The van der Waals surface area contributed by atoms with E-state index in [2.05, 4.69) is 5.32 Å². The number of hydrogen-bond acceptors (Lipinski definition) is 3. The smallest absolute Gasteiger partial charge is 0.197 e. The number of aromatic hydroxyl groups is 1. The van der Waals surface area contributed by atoms with Gasteiger partial charge in [-0.2, -0.15) is 0 Å². The van der Waals surface area contributed by atoms with Crippen LogP contribution < -0.4 is 10.1 Å². The van der Waals surface area contributed by atoms with Gasteiger partial charge in [-0.1, -0.05) is 0 Å². The monoisotopic (exact) mass is 257 g/mol. The molecule has 0 radical (unpaired) electrons. The first-order valence-corrected chi connectivity index (χ1v) is 6.08. The minimum absolute atomic E-state index is 0.153. The van der Waals surface area contributed by atoms with Crippen molar-refractivity contribution >= 4 is 0 Å². The largest absolute Gasteiger partial charge is 0.504 e. The molecule has 1 fully saturated rings. The highest BCUT2D eigenvalue weighted by atomic mass is 19.1. The number of phenolic OH excluding ortho intramolecular Hbond substituents is 1. The van der Waals surface area contributed by atoms with Gasteiger partial charge in [0.05, 0.1) is 7.11 Å². The highest BCUT2D eigenvalue weighted by Gasteiger charge is 2.22. The molecule has 1 aromatic rings.